The summed E-state index contributed by atoms with van der Waals surface area (Å²) in [6.45, 7) is 1.23. The molecule has 7 nitrogen and oxygen atoms in total. The molecule has 1 atom stereocenters. The third-order valence-electron chi connectivity index (χ3n) is 5.08. The number of aryl methyl sites for hydroxylation is 2. The molecule has 2 heterocycles. The smallest absolute Gasteiger partial charge is 0.218 e. The van der Waals surface area contributed by atoms with Crippen LogP contribution >= 0.6 is 0 Å². The number of hydrogen-bond acceptors (Lipinski definition) is 6. The van der Waals surface area contributed by atoms with Crippen LogP contribution in [0.25, 0.3) is 12.2 Å². The van der Waals surface area contributed by atoms with E-state index in [1.54, 1.807) is 24.8 Å². The second-order valence-corrected chi connectivity index (χ2v) is 8.97. The van der Waals surface area contributed by atoms with Crippen LogP contribution in [0.3, 0.4) is 0 Å². The Morgan fingerprint density at radius 2 is 1.88 bits per heavy atom. The predicted octanol–water partition coefficient (Wildman–Crippen LogP) is 4.78. The summed E-state index contributed by atoms with van der Waals surface area (Å²) in [5.74, 6) is 1.31. The number of aromatic nitrogens is 4. The minimum atomic E-state index is -0.975. The summed E-state index contributed by atoms with van der Waals surface area (Å²) in [7, 11) is 0. The van der Waals surface area contributed by atoms with Crippen LogP contribution in [0.15, 0.2) is 76.5 Å². The molecule has 0 N–H and O–H groups in total. The van der Waals surface area contributed by atoms with Gasteiger partial charge in [0.1, 0.15) is 30.6 Å². The molecule has 0 spiro atoms. The lowest BCUT2D eigenvalue weighted by Crippen LogP contribution is -1.99. The maximum Gasteiger partial charge on any atom is 0.218 e. The number of oxazole rings is 1. The van der Waals surface area contributed by atoms with Crippen LogP contribution < -0.4 is 4.74 Å². The van der Waals surface area contributed by atoms with Gasteiger partial charge in [-0.3, -0.25) is 4.68 Å². The second-order valence-electron chi connectivity index (χ2n) is 7.59. The summed E-state index contributed by atoms with van der Waals surface area (Å²) in [6, 6.07) is 15.7. The number of nitrogens with zero attached hydrogens (tertiary/aromatic N) is 4. The predicted molar refractivity (Wildman–Crippen MR) is 128 cm³/mol. The molecule has 1 unspecified atom stereocenters. The van der Waals surface area contributed by atoms with Gasteiger partial charge in [0.15, 0.2) is 4.90 Å². The van der Waals surface area contributed by atoms with Crippen LogP contribution in [0, 0.1) is 0 Å². The molecule has 0 aliphatic heterocycles. The lowest BCUT2D eigenvalue weighted by molar-refractivity contribution is 0.301. The first kappa shape index (κ1) is 22.8. The van der Waals surface area contributed by atoms with Crippen molar-refractivity contribution in [2.45, 2.75) is 37.3 Å². The minimum absolute atomic E-state index is 0.339. The zero-order chi connectivity index (χ0) is 22.9. The first-order valence-corrected chi connectivity index (χ1v) is 12.3. The van der Waals surface area contributed by atoms with E-state index in [-0.39, 0.29) is 0 Å². The van der Waals surface area contributed by atoms with Crippen molar-refractivity contribution in [1.29, 1.82) is 0 Å². The fourth-order valence-electron chi connectivity index (χ4n) is 3.27. The Morgan fingerprint density at radius 3 is 2.61 bits per heavy atom. The molecule has 0 aliphatic rings. The van der Waals surface area contributed by atoms with Gasteiger partial charge in [-0.15, -0.1) is 5.10 Å². The van der Waals surface area contributed by atoms with Crippen molar-refractivity contribution >= 4 is 23.3 Å². The molecular formula is C25H26N4O3S. The van der Waals surface area contributed by atoms with Gasteiger partial charge in [-0.25, -0.2) is 4.98 Å². The molecular weight excluding hydrogens is 436 g/mol. The maximum absolute atomic E-state index is 11.5. The molecule has 0 saturated heterocycles. The van der Waals surface area contributed by atoms with E-state index in [0.29, 0.717) is 12.5 Å². The number of benzene rings is 2. The molecule has 2 aromatic carbocycles. The third kappa shape index (κ3) is 7.06. The van der Waals surface area contributed by atoms with Crippen molar-refractivity contribution in [1.82, 2.24) is 20.0 Å². The first-order valence-electron chi connectivity index (χ1n) is 10.8. The molecule has 0 fully saturated rings. The Bertz CT molecular complexity index is 1140. The minimum Gasteiger partial charge on any atom is -0.612 e. The van der Waals surface area contributed by atoms with E-state index in [4.69, 9.17) is 9.15 Å². The molecule has 0 amide bonds. The molecule has 170 valence electrons. The molecule has 4 rings (SSSR count). The van der Waals surface area contributed by atoms with Crippen molar-refractivity contribution in [3.05, 3.63) is 89.9 Å². The highest BCUT2D eigenvalue weighted by atomic mass is 32.2. The fourth-order valence-corrected chi connectivity index (χ4v) is 3.79. The third-order valence-corrected chi connectivity index (χ3v) is 6.02. The van der Waals surface area contributed by atoms with Gasteiger partial charge in [0.2, 0.25) is 5.89 Å². The molecule has 4 aromatic rings. The number of unbranched alkanes of at least 4 members (excludes halogenated alkanes) is 1. The van der Waals surface area contributed by atoms with E-state index in [0.717, 1.165) is 47.7 Å². The van der Waals surface area contributed by atoms with Crippen LogP contribution in [0.4, 0.5) is 0 Å². The van der Waals surface area contributed by atoms with Gasteiger partial charge in [0.25, 0.3) is 0 Å². The van der Waals surface area contributed by atoms with Gasteiger partial charge in [-0.2, -0.15) is 0 Å². The zero-order valence-corrected chi connectivity index (χ0v) is 19.3. The van der Waals surface area contributed by atoms with E-state index in [1.807, 2.05) is 53.4 Å². The topological polar surface area (TPSA) is 89.0 Å². The van der Waals surface area contributed by atoms with E-state index in [9.17, 15) is 4.55 Å². The zero-order valence-electron chi connectivity index (χ0n) is 18.5. The Kier molecular flexibility index (Phi) is 7.94. The monoisotopic (exact) mass is 462 g/mol. The molecule has 0 bridgehead atoms. The molecule has 0 aliphatic carbocycles. The number of ether oxygens (including phenoxy) is 1. The standard InChI is InChI=1S/C25H26N4O3S/c1-33(30)24-12-7-21(8-13-24)9-14-25-27-22(19-32-25)18-31-23-10-5-20(6-11-23)4-2-3-16-29-17-15-26-28-29/h5-15,17,19H,2-4,16,18H2,1H3. The van der Waals surface area contributed by atoms with E-state index < -0.39 is 11.2 Å². The largest absolute Gasteiger partial charge is 0.612 e. The highest BCUT2D eigenvalue weighted by molar-refractivity contribution is 7.90. The SMILES string of the molecule is C[S+]([O-])c1ccc(C=Cc2nc(COc3ccc(CCCCn4ccnn4)cc3)co2)cc1. The average Bonchev–Trinajstić information content (AvgIpc) is 3.52. The van der Waals surface area contributed by atoms with Gasteiger partial charge >= 0.3 is 0 Å². The molecule has 8 heteroatoms. The summed E-state index contributed by atoms with van der Waals surface area (Å²) in [6.07, 6.45) is 13.7. The van der Waals surface area contributed by atoms with Gasteiger partial charge in [-0.05, 0) is 84.0 Å². The maximum atomic E-state index is 11.5. The van der Waals surface area contributed by atoms with Crippen molar-refractivity contribution in [2.24, 2.45) is 0 Å². The Hall–Kier alpha value is -3.36. The molecule has 33 heavy (non-hydrogen) atoms. The highest BCUT2D eigenvalue weighted by Gasteiger charge is 2.05. The molecule has 0 saturated carbocycles. The number of rotatable bonds is 11. The highest BCUT2D eigenvalue weighted by Crippen LogP contribution is 2.17. The van der Waals surface area contributed by atoms with E-state index in [1.165, 1.54) is 5.56 Å². The van der Waals surface area contributed by atoms with Gasteiger partial charge < -0.3 is 13.7 Å². The van der Waals surface area contributed by atoms with E-state index >= 15 is 0 Å². The van der Waals surface area contributed by atoms with Crippen LogP contribution in [0.1, 0.15) is 35.6 Å². The van der Waals surface area contributed by atoms with Crippen LogP contribution in [0.5, 0.6) is 5.75 Å². The van der Waals surface area contributed by atoms with Crippen LogP contribution in [-0.4, -0.2) is 30.8 Å². The Morgan fingerprint density at radius 1 is 1.06 bits per heavy atom. The van der Waals surface area contributed by atoms with Crippen molar-refractivity contribution in [2.75, 3.05) is 6.26 Å². The van der Waals surface area contributed by atoms with Crippen LogP contribution in [0.2, 0.25) is 0 Å². The normalized spacial score (nSPS) is 12.3. The van der Waals surface area contributed by atoms with Crippen molar-refractivity contribution in [3.8, 4) is 5.75 Å². The van der Waals surface area contributed by atoms with Crippen molar-refractivity contribution in [3.63, 3.8) is 0 Å². The summed E-state index contributed by atoms with van der Waals surface area (Å²) in [4.78, 5) is 5.24. The van der Waals surface area contributed by atoms with E-state index in [2.05, 4.69) is 27.4 Å². The van der Waals surface area contributed by atoms with Gasteiger partial charge in [-0.1, -0.05) is 17.3 Å². The average molecular weight is 463 g/mol. The van der Waals surface area contributed by atoms with Gasteiger partial charge in [0, 0.05) is 18.8 Å². The first-order chi connectivity index (χ1) is 16.2. The van der Waals surface area contributed by atoms with Gasteiger partial charge in [0.05, 0.1) is 6.20 Å². The Balaban J connectivity index is 1.21. The summed E-state index contributed by atoms with van der Waals surface area (Å²) >= 11 is -0.975. The Labute approximate surface area is 196 Å². The summed E-state index contributed by atoms with van der Waals surface area (Å²) in [5.41, 5.74) is 3.00. The second kappa shape index (κ2) is 11.5. The van der Waals surface area contributed by atoms with Crippen LogP contribution in [-0.2, 0) is 30.7 Å². The fraction of sp³-hybridized carbons (Fsp3) is 0.240. The lowest BCUT2D eigenvalue weighted by atomic mass is 10.1. The lowest BCUT2D eigenvalue weighted by Gasteiger charge is -2.06. The molecule has 2 aromatic heterocycles. The van der Waals surface area contributed by atoms with Crippen molar-refractivity contribution < 1.29 is 13.7 Å². The summed E-state index contributed by atoms with van der Waals surface area (Å²) < 4.78 is 24.7. The quantitative estimate of drug-likeness (QED) is 0.235. The molecule has 0 radical (unpaired) electrons. The number of hydrogen-bond donors (Lipinski definition) is 0. The summed E-state index contributed by atoms with van der Waals surface area (Å²) in [5, 5.41) is 7.79.